The molecule has 4 heteroatoms. The number of aryl methyl sites for hydroxylation is 2. The third-order valence-corrected chi connectivity index (χ3v) is 4.24. The molecule has 4 nitrogen and oxygen atoms in total. The molecule has 0 aliphatic heterocycles. The van der Waals surface area contributed by atoms with Crippen molar-refractivity contribution in [2.75, 3.05) is 6.54 Å². The molecule has 0 aliphatic rings. The summed E-state index contributed by atoms with van der Waals surface area (Å²) in [5.41, 5.74) is 3.07. The fourth-order valence-corrected chi connectivity index (χ4v) is 2.77. The van der Waals surface area contributed by atoms with E-state index in [1.165, 1.54) is 0 Å². The number of amides is 1. The van der Waals surface area contributed by atoms with E-state index in [0.717, 1.165) is 23.5 Å². The Hall–Kier alpha value is -1.32. The number of hydrogen-bond donors (Lipinski definition) is 1. The van der Waals surface area contributed by atoms with E-state index in [2.05, 4.69) is 38.1 Å². The van der Waals surface area contributed by atoms with Gasteiger partial charge in [-0.3, -0.25) is 9.48 Å². The number of nitrogens with zero attached hydrogens (tertiary/aromatic N) is 2. The Kier molecular flexibility index (Phi) is 5.78. The second-order valence-electron chi connectivity index (χ2n) is 6.41. The Morgan fingerprint density at radius 1 is 1.20 bits per heavy atom. The van der Waals surface area contributed by atoms with Crippen molar-refractivity contribution >= 4 is 5.91 Å². The van der Waals surface area contributed by atoms with E-state index in [9.17, 15) is 4.79 Å². The summed E-state index contributed by atoms with van der Waals surface area (Å²) in [6.45, 7) is 13.6. The fraction of sp³-hybridized carbons (Fsp3) is 0.750. The number of carbonyl (C=O) groups is 1. The van der Waals surface area contributed by atoms with Crippen LogP contribution in [-0.2, 0) is 18.3 Å². The van der Waals surface area contributed by atoms with Crippen LogP contribution in [0.15, 0.2) is 0 Å². The molecule has 0 radical (unpaired) electrons. The Morgan fingerprint density at radius 3 is 2.15 bits per heavy atom. The molecule has 1 N–H and O–H groups in total. The van der Waals surface area contributed by atoms with Gasteiger partial charge >= 0.3 is 0 Å². The summed E-state index contributed by atoms with van der Waals surface area (Å²) in [5.74, 6) is 1.78. The number of carbonyl (C=O) groups excluding carboxylic acids is 1. The minimum atomic E-state index is 0.0931. The third-order valence-electron chi connectivity index (χ3n) is 4.24. The van der Waals surface area contributed by atoms with Crippen molar-refractivity contribution in [3.8, 4) is 0 Å². The zero-order valence-corrected chi connectivity index (χ0v) is 13.9. The average molecular weight is 279 g/mol. The minimum absolute atomic E-state index is 0.0931. The lowest BCUT2D eigenvalue weighted by Gasteiger charge is -2.25. The van der Waals surface area contributed by atoms with Gasteiger partial charge < -0.3 is 5.32 Å². The van der Waals surface area contributed by atoms with E-state index < -0.39 is 0 Å². The zero-order chi connectivity index (χ0) is 15.4. The molecule has 0 saturated heterocycles. The normalized spacial score (nSPS) is 11.7. The highest BCUT2D eigenvalue weighted by Gasteiger charge is 2.19. The van der Waals surface area contributed by atoms with Crippen molar-refractivity contribution < 1.29 is 4.79 Å². The molecule has 1 heterocycles. The molecule has 114 valence electrons. The van der Waals surface area contributed by atoms with E-state index in [-0.39, 0.29) is 5.91 Å². The Morgan fingerprint density at radius 2 is 1.75 bits per heavy atom. The molecule has 0 fully saturated rings. The molecule has 0 bridgehead atoms. The van der Waals surface area contributed by atoms with Gasteiger partial charge in [-0.05, 0) is 31.6 Å². The molecule has 0 aromatic carbocycles. The maximum Gasteiger partial charge on any atom is 0.224 e. The van der Waals surface area contributed by atoms with Crippen LogP contribution in [0.5, 0.6) is 0 Å². The van der Waals surface area contributed by atoms with Crippen LogP contribution in [0.25, 0.3) is 0 Å². The molecule has 1 amide bonds. The summed E-state index contributed by atoms with van der Waals surface area (Å²) in [4.78, 5) is 12.1. The topological polar surface area (TPSA) is 46.9 Å². The predicted octanol–water partition coefficient (Wildman–Crippen LogP) is 2.62. The molecule has 1 aromatic heterocycles. The van der Waals surface area contributed by atoms with Crippen molar-refractivity contribution in [3.05, 3.63) is 17.0 Å². The van der Waals surface area contributed by atoms with Crippen LogP contribution in [0.4, 0.5) is 0 Å². The van der Waals surface area contributed by atoms with Crippen LogP contribution in [0.1, 0.15) is 44.6 Å². The molecule has 0 unspecified atom stereocenters. The van der Waals surface area contributed by atoms with Gasteiger partial charge in [0.25, 0.3) is 0 Å². The molecule has 1 rings (SSSR count). The standard InChI is InChI=1S/C16H29N3O/c1-10(2)15(11(3)4)9-17-16(20)8-14-12(5)18-19(7)13(14)6/h10-11,15H,8-9H2,1-7H3,(H,17,20). The zero-order valence-electron chi connectivity index (χ0n) is 13.9. The van der Waals surface area contributed by atoms with Gasteiger partial charge in [-0.25, -0.2) is 0 Å². The summed E-state index contributed by atoms with van der Waals surface area (Å²) < 4.78 is 1.84. The molecule has 0 aliphatic carbocycles. The first-order chi connectivity index (χ1) is 9.23. The molecular formula is C16H29N3O. The van der Waals surface area contributed by atoms with Crippen LogP contribution in [0.3, 0.4) is 0 Å². The lowest BCUT2D eigenvalue weighted by Crippen LogP contribution is -2.34. The van der Waals surface area contributed by atoms with Crippen molar-refractivity contribution in [2.45, 2.75) is 48.0 Å². The first-order valence-electron chi connectivity index (χ1n) is 7.49. The predicted molar refractivity (Wildman–Crippen MR) is 82.6 cm³/mol. The molecule has 1 aromatic rings. The van der Waals surface area contributed by atoms with E-state index in [0.29, 0.717) is 24.2 Å². The lowest BCUT2D eigenvalue weighted by molar-refractivity contribution is -0.120. The lowest BCUT2D eigenvalue weighted by atomic mass is 9.85. The van der Waals surface area contributed by atoms with E-state index >= 15 is 0 Å². The number of hydrogen-bond acceptors (Lipinski definition) is 2. The van der Waals surface area contributed by atoms with Gasteiger partial charge in [0.2, 0.25) is 5.91 Å². The quantitative estimate of drug-likeness (QED) is 0.870. The van der Waals surface area contributed by atoms with Gasteiger partial charge in [-0.2, -0.15) is 5.10 Å². The SMILES string of the molecule is Cc1nn(C)c(C)c1CC(=O)NCC(C(C)C)C(C)C. The van der Waals surface area contributed by atoms with Crippen LogP contribution in [0, 0.1) is 31.6 Å². The first kappa shape index (κ1) is 16.7. The monoisotopic (exact) mass is 279 g/mol. The van der Waals surface area contributed by atoms with Crippen LogP contribution < -0.4 is 5.32 Å². The molecule has 0 spiro atoms. The maximum absolute atomic E-state index is 12.1. The summed E-state index contributed by atoms with van der Waals surface area (Å²) >= 11 is 0. The van der Waals surface area contributed by atoms with Gasteiger partial charge in [0.1, 0.15) is 0 Å². The van der Waals surface area contributed by atoms with Gasteiger partial charge in [0.15, 0.2) is 0 Å². The van der Waals surface area contributed by atoms with Crippen molar-refractivity contribution in [1.29, 1.82) is 0 Å². The highest BCUT2D eigenvalue weighted by Crippen LogP contribution is 2.19. The van der Waals surface area contributed by atoms with Crippen LogP contribution >= 0.6 is 0 Å². The molecule has 20 heavy (non-hydrogen) atoms. The maximum atomic E-state index is 12.1. The highest BCUT2D eigenvalue weighted by molar-refractivity contribution is 5.79. The van der Waals surface area contributed by atoms with Crippen LogP contribution in [-0.4, -0.2) is 22.2 Å². The van der Waals surface area contributed by atoms with Gasteiger partial charge in [0, 0.05) is 24.8 Å². The minimum Gasteiger partial charge on any atom is -0.356 e. The van der Waals surface area contributed by atoms with E-state index in [1.54, 1.807) is 0 Å². The smallest absolute Gasteiger partial charge is 0.224 e. The highest BCUT2D eigenvalue weighted by atomic mass is 16.1. The van der Waals surface area contributed by atoms with Gasteiger partial charge in [-0.15, -0.1) is 0 Å². The molecule has 0 saturated carbocycles. The number of nitrogens with one attached hydrogen (secondary N) is 1. The number of aromatic nitrogens is 2. The first-order valence-corrected chi connectivity index (χ1v) is 7.49. The Balaban J connectivity index is 2.60. The van der Waals surface area contributed by atoms with Crippen molar-refractivity contribution in [2.24, 2.45) is 24.8 Å². The third kappa shape index (κ3) is 4.09. The summed E-state index contributed by atoms with van der Waals surface area (Å²) in [6, 6.07) is 0. The summed E-state index contributed by atoms with van der Waals surface area (Å²) in [6.07, 6.45) is 0.425. The van der Waals surface area contributed by atoms with Crippen LogP contribution in [0.2, 0.25) is 0 Å². The Bertz CT molecular complexity index is 453. The van der Waals surface area contributed by atoms with Gasteiger partial charge in [0.05, 0.1) is 12.1 Å². The fourth-order valence-electron chi connectivity index (χ4n) is 2.77. The summed E-state index contributed by atoms with van der Waals surface area (Å²) in [7, 11) is 1.91. The largest absolute Gasteiger partial charge is 0.356 e. The van der Waals surface area contributed by atoms with E-state index in [4.69, 9.17) is 0 Å². The Labute approximate surface area is 122 Å². The van der Waals surface area contributed by atoms with Crippen molar-refractivity contribution in [3.63, 3.8) is 0 Å². The van der Waals surface area contributed by atoms with E-state index in [1.807, 2.05) is 25.6 Å². The molecular weight excluding hydrogens is 250 g/mol. The second-order valence-corrected chi connectivity index (χ2v) is 6.41. The average Bonchev–Trinajstić information content (AvgIpc) is 2.55. The molecule has 0 atom stereocenters. The van der Waals surface area contributed by atoms with Crippen molar-refractivity contribution in [1.82, 2.24) is 15.1 Å². The number of rotatable bonds is 6. The second kappa shape index (κ2) is 6.91. The van der Waals surface area contributed by atoms with Gasteiger partial charge in [-0.1, -0.05) is 27.7 Å². The summed E-state index contributed by atoms with van der Waals surface area (Å²) in [5, 5.41) is 7.43.